The fourth-order valence-electron chi connectivity index (χ4n) is 2.44. The summed E-state index contributed by atoms with van der Waals surface area (Å²) >= 11 is 1.32. The van der Waals surface area contributed by atoms with Gasteiger partial charge in [-0.2, -0.15) is 0 Å². The lowest BCUT2D eigenvalue weighted by molar-refractivity contribution is 0.203. The molecule has 4 aromatic rings. The number of rotatable bonds is 6. The number of pyridine rings is 1. The zero-order valence-corrected chi connectivity index (χ0v) is 14.8. The number of ether oxygens (including phenoxy) is 1. The minimum atomic E-state index is -0.826. The topological polar surface area (TPSA) is 95.5 Å². The molecule has 0 aliphatic carbocycles. The molecule has 3 heterocycles. The summed E-state index contributed by atoms with van der Waals surface area (Å²) < 4.78 is 26.2. The van der Waals surface area contributed by atoms with Crippen molar-refractivity contribution in [2.45, 2.75) is 6.10 Å². The van der Waals surface area contributed by atoms with Gasteiger partial charge in [0, 0.05) is 12.3 Å². The van der Waals surface area contributed by atoms with E-state index in [-0.39, 0.29) is 5.89 Å². The Labute approximate surface area is 156 Å². The summed E-state index contributed by atoms with van der Waals surface area (Å²) in [5.41, 5.74) is 3.11. The first-order valence-electron chi connectivity index (χ1n) is 7.72. The second-order valence-electron chi connectivity index (χ2n) is 5.31. The first-order valence-corrected chi connectivity index (χ1v) is 8.60. The molecule has 0 amide bonds. The number of aromatic nitrogens is 4. The summed E-state index contributed by atoms with van der Waals surface area (Å²) in [6.07, 6.45) is 3.48. The molecular weight excluding hydrogens is 373 g/mol. The molecule has 8 nitrogen and oxygen atoms in total. The van der Waals surface area contributed by atoms with Crippen LogP contribution in [0, 0.1) is 5.82 Å². The molecule has 27 heavy (non-hydrogen) atoms. The van der Waals surface area contributed by atoms with E-state index < -0.39 is 11.9 Å². The van der Waals surface area contributed by atoms with Crippen LogP contribution in [0.1, 0.15) is 23.3 Å². The number of oxime groups is 1. The largest absolute Gasteiger partial charge is 0.474 e. The summed E-state index contributed by atoms with van der Waals surface area (Å²) in [7, 11) is 1.45. The van der Waals surface area contributed by atoms with Gasteiger partial charge in [0.1, 0.15) is 18.4 Å². The molecule has 3 aromatic heterocycles. The smallest absolute Gasteiger partial charge is 0.263 e. The third-order valence-electron chi connectivity index (χ3n) is 3.60. The van der Waals surface area contributed by atoms with Crippen LogP contribution in [0.4, 0.5) is 4.39 Å². The first kappa shape index (κ1) is 17.0. The first-order chi connectivity index (χ1) is 13.2. The molecule has 0 aliphatic heterocycles. The van der Waals surface area contributed by atoms with Crippen molar-refractivity contribution < 1.29 is 18.4 Å². The molecule has 1 unspecified atom stereocenters. The highest BCUT2D eigenvalue weighted by atomic mass is 32.1. The normalized spacial score (nSPS) is 12.5. The van der Waals surface area contributed by atoms with Gasteiger partial charge in [0.05, 0.1) is 22.1 Å². The van der Waals surface area contributed by atoms with Crippen LogP contribution in [0.3, 0.4) is 0 Å². The molecule has 0 bridgehead atoms. The van der Waals surface area contributed by atoms with Gasteiger partial charge in [0.2, 0.25) is 12.5 Å². The van der Waals surface area contributed by atoms with Crippen LogP contribution in [-0.2, 0) is 4.84 Å². The van der Waals surface area contributed by atoms with Crippen LogP contribution in [0.25, 0.3) is 10.2 Å². The summed E-state index contributed by atoms with van der Waals surface area (Å²) in [6.45, 7) is 0. The molecule has 0 saturated heterocycles. The molecule has 0 saturated carbocycles. The summed E-state index contributed by atoms with van der Waals surface area (Å²) in [4.78, 5) is 13.0. The van der Waals surface area contributed by atoms with Gasteiger partial charge >= 0.3 is 0 Å². The Balaban J connectivity index is 1.72. The van der Waals surface area contributed by atoms with Gasteiger partial charge in [-0.15, -0.1) is 21.5 Å². The Hall–Kier alpha value is -3.40. The molecule has 0 N–H and O–H groups in total. The Kier molecular flexibility index (Phi) is 4.71. The number of thiazole rings is 1. The van der Waals surface area contributed by atoms with E-state index in [0.29, 0.717) is 21.7 Å². The minimum Gasteiger partial charge on any atom is -0.474 e. The van der Waals surface area contributed by atoms with E-state index in [1.54, 1.807) is 29.9 Å². The lowest BCUT2D eigenvalue weighted by Crippen LogP contribution is -2.12. The summed E-state index contributed by atoms with van der Waals surface area (Å²) in [5, 5.41) is 11.3. The van der Waals surface area contributed by atoms with E-state index in [2.05, 4.69) is 25.3 Å². The van der Waals surface area contributed by atoms with E-state index in [1.165, 1.54) is 37.1 Å². The average Bonchev–Trinajstić information content (AvgIpc) is 3.36. The zero-order valence-electron chi connectivity index (χ0n) is 13.9. The van der Waals surface area contributed by atoms with Crippen LogP contribution >= 0.6 is 11.3 Å². The van der Waals surface area contributed by atoms with Crippen molar-refractivity contribution in [3.05, 3.63) is 65.3 Å². The Bertz CT molecular complexity index is 1080. The van der Waals surface area contributed by atoms with Crippen LogP contribution in [0.15, 0.2) is 51.9 Å². The van der Waals surface area contributed by atoms with Crippen molar-refractivity contribution in [3.63, 3.8) is 0 Å². The number of halogens is 1. The van der Waals surface area contributed by atoms with Crippen LogP contribution < -0.4 is 4.74 Å². The minimum absolute atomic E-state index is 0.188. The molecule has 0 radical (unpaired) electrons. The maximum absolute atomic E-state index is 14.2. The zero-order chi connectivity index (χ0) is 18.6. The highest BCUT2D eigenvalue weighted by molar-refractivity contribution is 7.16. The molecule has 136 valence electrons. The van der Waals surface area contributed by atoms with Gasteiger partial charge in [-0.25, -0.2) is 9.37 Å². The van der Waals surface area contributed by atoms with Gasteiger partial charge < -0.3 is 14.0 Å². The number of fused-ring (bicyclic) bond motifs is 1. The van der Waals surface area contributed by atoms with Crippen molar-refractivity contribution in [1.29, 1.82) is 0 Å². The quantitative estimate of drug-likeness (QED) is 0.371. The molecule has 0 spiro atoms. The third kappa shape index (κ3) is 3.60. The van der Waals surface area contributed by atoms with Crippen molar-refractivity contribution in [2.24, 2.45) is 5.16 Å². The van der Waals surface area contributed by atoms with Crippen molar-refractivity contribution in [3.8, 4) is 5.75 Å². The summed E-state index contributed by atoms with van der Waals surface area (Å²) in [6, 6.07) is 6.45. The van der Waals surface area contributed by atoms with E-state index in [0.717, 1.165) is 5.56 Å². The second-order valence-corrected chi connectivity index (χ2v) is 6.20. The van der Waals surface area contributed by atoms with Crippen LogP contribution in [0.5, 0.6) is 5.75 Å². The highest BCUT2D eigenvalue weighted by Crippen LogP contribution is 2.31. The van der Waals surface area contributed by atoms with E-state index >= 15 is 0 Å². The number of hydrogen-bond donors (Lipinski definition) is 0. The average molecular weight is 385 g/mol. The van der Waals surface area contributed by atoms with E-state index in [4.69, 9.17) is 14.0 Å². The summed E-state index contributed by atoms with van der Waals surface area (Å²) in [5.74, 6) is 0.0142. The molecule has 10 heteroatoms. The van der Waals surface area contributed by atoms with E-state index in [9.17, 15) is 4.39 Å². The van der Waals surface area contributed by atoms with Crippen molar-refractivity contribution >= 4 is 27.8 Å². The lowest BCUT2D eigenvalue weighted by Gasteiger charge is -2.16. The molecule has 1 aromatic carbocycles. The van der Waals surface area contributed by atoms with Gasteiger partial charge in [0.25, 0.3) is 5.89 Å². The van der Waals surface area contributed by atoms with Crippen molar-refractivity contribution in [1.82, 2.24) is 20.2 Å². The fourth-order valence-corrected chi connectivity index (χ4v) is 3.16. The van der Waals surface area contributed by atoms with Crippen molar-refractivity contribution in [2.75, 3.05) is 7.11 Å². The lowest BCUT2D eigenvalue weighted by atomic mass is 10.1. The van der Waals surface area contributed by atoms with E-state index in [1.807, 2.05) is 0 Å². The van der Waals surface area contributed by atoms with Gasteiger partial charge in [-0.05, 0) is 23.8 Å². The standard InChI is InChI=1S/C17H12FN5O3S/c1-24-22-7-10-2-3-19-13(4-10)16(17-23-21-8-25-17)26-11-5-12(18)15-14(6-11)27-9-20-15/h2-9,16H,1H3/b22-7+. The Morgan fingerprint density at radius 2 is 2.22 bits per heavy atom. The monoisotopic (exact) mass is 385 g/mol. The SMILES string of the molecule is CO/N=C/c1ccnc(C(Oc2cc(F)c3ncsc3c2)c2nnco2)c1. The molecule has 1 atom stereocenters. The fraction of sp³-hybridized carbons (Fsp3) is 0.118. The predicted molar refractivity (Wildman–Crippen MR) is 95.2 cm³/mol. The van der Waals surface area contributed by atoms with Crippen LogP contribution in [0.2, 0.25) is 0 Å². The number of benzene rings is 1. The third-order valence-corrected chi connectivity index (χ3v) is 4.38. The maximum atomic E-state index is 14.2. The van der Waals surface area contributed by atoms with Gasteiger partial charge in [-0.3, -0.25) is 4.98 Å². The number of nitrogens with zero attached hydrogens (tertiary/aromatic N) is 5. The highest BCUT2D eigenvalue weighted by Gasteiger charge is 2.24. The molecule has 0 fully saturated rings. The maximum Gasteiger partial charge on any atom is 0.263 e. The second kappa shape index (κ2) is 7.46. The Morgan fingerprint density at radius 3 is 3.04 bits per heavy atom. The van der Waals surface area contributed by atoms with Gasteiger partial charge in [-0.1, -0.05) is 5.16 Å². The van der Waals surface area contributed by atoms with Gasteiger partial charge in [0.15, 0.2) is 5.82 Å². The number of hydrogen-bond acceptors (Lipinski definition) is 9. The molecule has 4 rings (SSSR count). The molecule has 0 aliphatic rings. The predicted octanol–water partition coefficient (Wildman–Crippen LogP) is 3.36. The Morgan fingerprint density at radius 1 is 1.30 bits per heavy atom. The van der Waals surface area contributed by atoms with Crippen LogP contribution in [-0.4, -0.2) is 33.5 Å². The molecular formula is C17H12FN5O3S.